The summed E-state index contributed by atoms with van der Waals surface area (Å²) >= 11 is 0. The van der Waals surface area contributed by atoms with Gasteiger partial charge in [-0.3, -0.25) is 0 Å². The molecule has 120 valence electrons. The SMILES string of the molecule is N#Cc1[nH]nnc1-c1ccc(Cc2ccc(C(F)(F)F)cc2)cc1. The van der Waals surface area contributed by atoms with Crippen LogP contribution in [0.1, 0.15) is 22.4 Å². The zero-order chi connectivity index (χ0) is 17.2. The fourth-order valence-corrected chi connectivity index (χ4v) is 2.34. The largest absolute Gasteiger partial charge is 0.416 e. The number of aromatic nitrogens is 3. The number of hydrogen-bond acceptors (Lipinski definition) is 3. The van der Waals surface area contributed by atoms with Crippen LogP contribution in [0, 0.1) is 11.3 Å². The van der Waals surface area contributed by atoms with Gasteiger partial charge in [0.25, 0.3) is 0 Å². The fraction of sp³-hybridized carbons (Fsp3) is 0.118. The Hall–Kier alpha value is -3.14. The second-order valence-electron chi connectivity index (χ2n) is 5.22. The van der Waals surface area contributed by atoms with Gasteiger partial charge in [-0.1, -0.05) is 41.6 Å². The Morgan fingerprint density at radius 2 is 1.54 bits per heavy atom. The van der Waals surface area contributed by atoms with Gasteiger partial charge in [-0.25, -0.2) is 5.10 Å². The molecule has 0 spiro atoms. The van der Waals surface area contributed by atoms with E-state index in [1.165, 1.54) is 12.1 Å². The molecule has 1 aromatic heterocycles. The van der Waals surface area contributed by atoms with Crippen molar-refractivity contribution in [1.82, 2.24) is 15.4 Å². The van der Waals surface area contributed by atoms with Crippen LogP contribution in [-0.4, -0.2) is 15.4 Å². The molecular formula is C17H11F3N4. The number of nitriles is 1. The number of nitrogens with zero attached hydrogens (tertiary/aromatic N) is 3. The van der Waals surface area contributed by atoms with Crippen molar-refractivity contribution in [2.45, 2.75) is 12.6 Å². The van der Waals surface area contributed by atoms with Gasteiger partial charge in [0, 0.05) is 5.56 Å². The molecule has 0 aliphatic carbocycles. The molecule has 0 amide bonds. The van der Waals surface area contributed by atoms with Crippen molar-refractivity contribution in [2.75, 3.05) is 0 Å². The number of halogens is 3. The first kappa shape index (κ1) is 15.7. The lowest BCUT2D eigenvalue weighted by Gasteiger charge is -2.08. The summed E-state index contributed by atoms with van der Waals surface area (Å²) in [4.78, 5) is 0. The first-order valence-electron chi connectivity index (χ1n) is 7.04. The Labute approximate surface area is 135 Å². The minimum Gasteiger partial charge on any atom is -0.247 e. The number of H-pyrrole nitrogens is 1. The summed E-state index contributed by atoms with van der Waals surface area (Å²) in [6.07, 6.45) is -3.81. The first-order chi connectivity index (χ1) is 11.5. The number of rotatable bonds is 3. The number of nitrogens with one attached hydrogen (secondary N) is 1. The van der Waals surface area contributed by atoms with Crippen LogP contribution in [0.15, 0.2) is 48.5 Å². The Kier molecular flexibility index (Phi) is 4.04. The Morgan fingerprint density at radius 3 is 2.08 bits per heavy atom. The highest BCUT2D eigenvalue weighted by molar-refractivity contribution is 5.64. The van der Waals surface area contributed by atoms with E-state index in [2.05, 4.69) is 15.4 Å². The predicted octanol–water partition coefficient (Wildman–Crippen LogP) is 3.95. The first-order valence-corrected chi connectivity index (χ1v) is 7.04. The average Bonchev–Trinajstić information content (AvgIpc) is 3.04. The van der Waals surface area contributed by atoms with E-state index in [9.17, 15) is 13.2 Å². The number of alkyl halides is 3. The molecule has 24 heavy (non-hydrogen) atoms. The standard InChI is InChI=1S/C17H11F3N4/c18-17(19,20)14-7-3-12(4-8-14)9-11-1-5-13(6-2-11)16-15(10-21)22-24-23-16/h1-8H,9H2,(H,22,23,24). The van der Waals surface area contributed by atoms with E-state index in [0.717, 1.165) is 28.8 Å². The second-order valence-corrected chi connectivity index (χ2v) is 5.22. The zero-order valence-electron chi connectivity index (χ0n) is 12.3. The quantitative estimate of drug-likeness (QED) is 0.791. The Bertz CT molecular complexity index is 872. The normalized spacial score (nSPS) is 11.2. The van der Waals surface area contributed by atoms with E-state index in [1.54, 1.807) is 12.1 Å². The fourth-order valence-electron chi connectivity index (χ4n) is 2.34. The van der Waals surface area contributed by atoms with Crippen LogP contribution < -0.4 is 0 Å². The molecule has 1 N–H and O–H groups in total. The van der Waals surface area contributed by atoms with Crippen LogP contribution in [0.2, 0.25) is 0 Å². The van der Waals surface area contributed by atoms with Crippen molar-refractivity contribution in [2.24, 2.45) is 0 Å². The molecule has 3 aromatic rings. The van der Waals surface area contributed by atoms with Gasteiger partial charge in [0.1, 0.15) is 11.8 Å². The minimum absolute atomic E-state index is 0.283. The monoisotopic (exact) mass is 328 g/mol. The van der Waals surface area contributed by atoms with Crippen LogP contribution >= 0.6 is 0 Å². The third kappa shape index (κ3) is 3.27. The van der Waals surface area contributed by atoms with Crippen LogP contribution in [0.4, 0.5) is 13.2 Å². The number of aromatic amines is 1. The highest BCUT2D eigenvalue weighted by Crippen LogP contribution is 2.29. The smallest absolute Gasteiger partial charge is 0.247 e. The lowest BCUT2D eigenvalue weighted by Crippen LogP contribution is -2.04. The molecule has 3 rings (SSSR count). The molecule has 0 saturated carbocycles. The summed E-state index contributed by atoms with van der Waals surface area (Å²) < 4.78 is 37.7. The van der Waals surface area contributed by atoms with Crippen molar-refractivity contribution in [3.05, 3.63) is 70.9 Å². The van der Waals surface area contributed by atoms with Crippen LogP contribution in [0.5, 0.6) is 0 Å². The van der Waals surface area contributed by atoms with Crippen molar-refractivity contribution in [3.8, 4) is 17.3 Å². The summed E-state index contributed by atoms with van der Waals surface area (Å²) in [7, 11) is 0. The number of hydrogen-bond donors (Lipinski definition) is 1. The predicted molar refractivity (Wildman–Crippen MR) is 80.8 cm³/mol. The minimum atomic E-state index is -4.32. The van der Waals surface area contributed by atoms with Gasteiger partial charge in [0.15, 0.2) is 5.69 Å². The maximum Gasteiger partial charge on any atom is 0.416 e. The Balaban J connectivity index is 1.76. The van der Waals surface area contributed by atoms with E-state index in [1.807, 2.05) is 18.2 Å². The van der Waals surface area contributed by atoms with Gasteiger partial charge in [0.2, 0.25) is 0 Å². The Morgan fingerprint density at radius 1 is 0.958 bits per heavy atom. The summed E-state index contributed by atoms with van der Waals surface area (Å²) in [6.45, 7) is 0. The maximum atomic E-state index is 12.6. The topological polar surface area (TPSA) is 65.4 Å². The molecule has 0 unspecified atom stereocenters. The van der Waals surface area contributed by atoms with Crippen LogP contribution in [-0.2, 0) is 12.6 Å². The lowest BCUT2D eigenvalue weighted by atomic mass is 10.0. The summed E-state index contributed by atoms with van der Waals surface area (Å²) in [5.41, 5.74) is 2.58. The molecule has 0 atom stereocenters. The molecule has 0 saturated heterocycles. The maximum absolute atomic E-state index is 12.6. The summed E-state index contributed by atoms with van der Waals surface area (Å²) in [5.74, 6) is 0. The van der Waals surface area contributed by atoms with Gasteiger partial charge in [-0.05, 0) is 29.7 Å². The molecule has 0 fully saturated rings. The van der Waals surface area contributed by atoms with E-state index in [-0.39, 0.29) is 5.69 Å². The average molecular weight is 328 g/mol. The van der Waals surface area contributed by atoms with Gasteiger partial charge in [-0.2, -0.15) is 18.4 Å². The van der Waals surface area contributed by atoms with E-state index >= 15 is 0 Å². The zero-order valence-corrected chi connectivity index (χ0v) is 12.3. The highest BCUT2D eigenvalue weighted by atomic mass is 19.4. The summed E-state index contributed by atoms with van der Waals surface area (Å²) in [5, 5.41) is 18.9. The van der Waals surface area contributed by atoms with Crippen LogP contribution in [0.25, 0.3) is 11.3 Å². The van der Waals surface area contributed by atoms with E-state index in [0.29, 0.717) is 12.1 Å². The highest BCUT2D eigenvalue weighted by Gasteiger charge is 2.29. The van der Waals surface area contributed by atoms with E-state index < -0.39 is 11.7 Å². The van der Waals surface area contributed by atoms with Gasteiger partial charge < -0.3 is 0 Å². The molecule has 0 radical (unpaired) electrons. The molecule has 0 bridgehead atoms. The third-order valence-electron chi connectivity index (χ3n) is 3.58. The van der Waals surface area contributed by atoms with Crippen molar-refractivity contribution in [3.63, 3.8) is 0 Å². The molecular weight excluding hydrogens is 317 g/mol. The molecule has 1 heterocycles. The molecule has 2 aromatic carbocycles. The summed E-state index contributed by atoms with van der Waals surface area (Å²) in [6, 6.07) is 14.4. The molecule has 4 nitrogen and oxygen atoms in total. The molecule has 0 aliphatic heterocycles. The van der Waals surface area contributed by atoms with Crippen molar-refractivity contribution < 1.29 is 13.2 Å². The van der Waals surface area contributed by atoms with Crippen LogP contribution in [0.3, 0.4) is 0 Å². The van der Waals surface area contributed by atoms with E-state index in [4.69, 9.17) is 5.26 Å². The van der Waals surface area contributed by atoms with Gasteiger partial charge >= 0.3 is 6.18 Å². The lowest BCUT2D eigenvalue weighted by molar-refractivity contribution is -0.137. The molecule has 7 heteroatoms. The van der Waals surface area contributed by atoms with Gasteiger partial charge in [0.05, 0.1) is 5.56 Å². The van der Waals surface area contributed by atoms with Gasteiger partial charge in [-0.15, -0.1) is 5.10 Å². The van der Waals surface area contributed by atoms with Crippen molar-refractivity contribution in [1.29, 1.82) is 5.26 Å². The third-order valence-corrected chi connectivity index (χ3v) is 3.58. The molecule has 0 aliphatic rings. The number of benzene rings is 2. The van der Waals surface area contributed by atoms with Crippen molar-refractivity contribution >= 4 is 0 Å². The second kappa shape index (κ2) is 6.16.